The molecule has 0 aromatic heterocycles. The molecule has 21 heavy (non-hydrogen) atoms. The number of nitrogens with zero attached hydrogens (tertiary/aromatic N) is 1. The molecule has 0 saturated carbocycles. The zero-order valence-corrected chi connectivity index (χ0v) is 13.2. The molecule has 0 bridgehead atoms. The number of hydrogen-bond donors (Lipinski definition) is 2. The molecule has 0 aliphatic carbocycles. The Labute approximate surface area is 127 Å². The molecule has 7 nitrogen and oxygen atoms in total. The summed E-state index contributed by atoms with van der Waals surface area (Å²) in [5, 5.41) is 13.8. The first-order valence-corrected chi connectivity index (χ1v) is 9.14. The highest BCUT2D eigenvalue weighted by Gasteiger charge is 2.29. The van der Waals surface area contributed by atoms with Gasteiger partial charge in [-0.05, 0) is 30.7 Å². The van der Waals surface area contributed by atoms with E-state index in [1.807, 2.05) is 0 Å². The molecule has 1 heterocycles. The second kappa shape index (κ2) is 6.63. The van der Waals surface area contributed by atoms with Crippen LogP contribution < -0.4 is 10.0 Å². The molecule has 2 rings (SSSR count). The number of nitrogens with one attached hydrogen (secondary N) is 2. The average Bonchev–Trinajstić information content (AvgIpc) is 2.47. The Kier molecular flexibility index (Phi) is 5.07. The Balaban J connectivity index is 2.35. The molecule has 0 spiro atoms. The summed E-state index contributed by atoms with van der Waals surface area (Å²) in [6.45, 7) is 0. The van der Waals surface area contributed by atoms with Crippen molar-refractivity contribution < 1.29 is 13.3 Å². The quantitative estimate of drug-likeness (QED) is 0.630. The molecule has 9 heteroatoms. The SMILES string of the molecule is CNc1ccc([N+](=O)[O-])c(S(=O)(=O)NC2CCCSC2)c1. The van der Waals surface area contributed by atoms with Crippen molar-refractivity contribution in [3.63, 3.8) is 0 Å². The van der Waals surface area contributed by atoms with Crippen LogP contribution in [0.5, 0.6) is 0 Å². The van der Waals surface area contributed by atoms with Gasteiger partial charge in [0.25, 0.3) is 5.69 Å². The van der Waals surface area contributed by atoms with Crippen LogP contribution in [0.1, 0.15) is 12.8 Å². The first-order valence-electron chi connectivity index (χ1n) is 6.50. The van der Waals surface area contributed by atoms with Crippen LogP contribution in [0, 0.1) is 10.1 Å². The number of nitro groups is 1. The van der Waals surface area contributed by atoms with Crippen LogP contribution in [-0.4, -0.2) is 37.9 Å². The van der Waals surface area contributed by atoms with Crippen molar-refractivity contribution in [2.45, 2.75) is 23.8 Å². The van der Waals surface area contributed by atoms with Crippen molar-refractivity contribution in [3.05, 3.63) is 28.3 Å². The van der Waals surface area contributed by atoms with Crippen LogP contribution in [0.15, 0.2) is 23.1 Å². The minimum absolute atomic E-state index is 0.174. The molecule has 0 radical (unpaired) electrons. The topological polar surface area (TPSA) is 101 Å². The van der Waals surface area contributed by atoms with Gasteiger partial charge in [0.2, 0.25) is 10.0 Å². The minimum atomic E-state index is -3.91. The zero-order chi connectivity index (χ0) is 15.5. The third-order valence-corrected chi connectivity index (χ3v) is 5.98. The summed E-state index contributed by atoms with van der Waals surface area (Å²) in [5.74, 6) is 1.71. The third-order valence-electron chi connectivity index (χ3n) is 3.22. The van der Waals surface area contributed by atoms with E-state index in [9.17, 15) is 18.5 Å². The maximum Gasteiger partial charge on any atom is 0.289 e. The lowest BCUT2D eigenvalue weighted by Gasteiger charge is -2.22. The molecule has 1 saturated heterocycles. The maximum absolute atomic E-state index is 12.4. The van der Waals surface area contributed by atoms with E-state index in [1.165, 1.54) is 18.2 Å². The van der Waals surface area contributed by atoms with Crippen LogP contribution in [0.25, 0.3) is 0 Å². The Morgan fingerprint density at radius 3 is 2.76 bits per heavy atom. The van der Waals surface area contributed by atoms with Gasteiger partial charge in [0, 0.05) is 30.6 Å². The maximum atomic E-state index is 12.4. The van der Waals surface area contributed by atoms with Crippen molar-refractivity contribution in [1.29, 1.82) is 0 Å². The standard InChI is InChI=1S/C12H17N3O4S2/c1-13-9-4-5-11(15(16)17)12(7-9)21(18,19)14-10-3-2-6-20-8-10/h4-5,7,10,13-14H,2-3,6,8H2,1H3. The number of thioether (sulfide) groups is 1. The van der Waals surface area contributed by atoms with Gasteiger partial charge in [-0.25, -0.2) is 13.1 Å². The van der Waals surface area contributed by atoms with Crippen molar-refractivity contribution in [2.75, 3.05) is 23.9 Å². The summed E-state index contributed by atoms with van der Waals surface area (Å²) in [4.78, 5) is 10.1. The van der Waals surface area contributed by atoms with Crippen molar-refractivity contribution in [3.8, 4) is 0 Å². The fraction of sp³-hybridized carbons (Fsp3) is 0.500. The lowest BCUT2D eigenvalue weighted by atomic mass is 10.2. The summed E-state index contributed by atoms with van der Waals surface area (Å²) in [6.07, 6.45) is 1.70. The molecule has 0 amide bonds. The molecule has 1 fully saturated rings. The van der Waals surface area contributed by atoms with Gasteiger partial charge in [-0.15, -0.1) is 0 Å². The Bertz CT molecular complexity index is 627. The molecule has 1 aliphatic heterocycles. The molecule has 2 N–H and O–H groups in total. The molecule has 1 aromatic rings. The van der Waals surface area contributed by atoms with Gasteiger partial charge in [-0.1, -0.05) is 0 Å². The highest BCUT2D eigenvalue weighted by Crippen LogP contribution is 2.28. The van der Waals surface area contributed by atoms with Crippen molar-refractivity contribution >= 4 is 33.2 Å². The number of anilines is 1. The number of benzene rings is 1. The van der Waals surface area contributed by atoms with Gasteiger partial charge in [0.1, 0.15) is 0 Å². The van der Waals surface area contributed by atoms with Crippen LogP contribution in [0.4, 0.5) is 11.4 Å². The fourth-order valence-electron chi connectivity index (χ4n) is 2.15. The second-order valence-electron chi connectivity index (χ2n) is 4.72. The monoisotopic (exact) mass is 331 g/mol. The third kappa shape index (κ3) is 3.86. The Morgan fingerprint density at radius 1 is 1.43 bits per heavy atom. The van der Waals surface area contributed by atoms with Crippen LogP contribution >= 0.6 is 11.8 Å². The van der Waals surface area contributed by atoms with Gasteiger partial charge >= 0.3 is 0 Å². The van der Waals surface area contributed by atoms with E-state index in [0.717, 1.165) is 18.6 Å². The highest BCUT2D eigenvalue weighted by molar-refractivity contribution is 7.99. The molecular formula is C12H17N3O4S2. The number of hydrogen-bond acceptors (Lipinski definition) is 6. The number of sulfonamides is 1. The molecule has 1 aliphatic rings. The number of nitro benzene ring substituents is 1. The van der Waals surface area contributed by atoms with E-state index < -0.39 is 20.6 Å². The first kappa shape index (κ1) is 16.1. The lowest BCUT2D eigenvalue weighted by Crippen LogP contribution is -2.38. The van der Waals surface area contributed by atoms with Crippen molar-refractivity contribution in [1.82, 2.24) is 4.72 Å². The van der Waals surface area contributed by atoms with Gasteiger partial charge in [0.05, 0.1) is 4.92 Å². The van der Waals surface area contributed by atoms with Crippen LogP contribution in [-0.2, 0) is 10.0 Å². The zero-order valence-electron chi connectivity index (χ0n) is 11.5. The number of rotatable bonds is 5. The Hall–Kier alpha value is -1.32. The summed E-state index contributed by atoms with van der Waals surface area (Å²) in [7, 11) is -2.29. The van der Waals surface area contributed by atoms with E-state index in [2.05, 4.69) is 10.0 Å². The second-order valence-corrected chi connectivity index (χ2v) is 7.56. The highest BCUT2D eigenvalue weighted by atomic mass is 32.2. The minimum Gasteiger partial charge on any atom is -0.388 e. The van der Waals surface area contributed by atoms with E-state index in [-0.39, 0.29) is 10.9 Å². The summed E-state index contributed by atoms with van der Waals surface area (Å²) in [6, 6.07) is 3.80. The largest absolute Gasteiger partial charge is 0.388 e. The predicted molar refractivity (Wildman–Crippen MR) is 83.3 cm³/mol. The van der Waals surface area contributed by atoms with Crippen LogP contribution in [0.2, 0.25) is 0 Å². The predicted octanol–water partition coefficient (Wildman–Crippen LogP) is 1.81. The molecule has 116 valence electrons. The first-order chi connectivity index (χ1) is 9.94. The smallest absolute Gasteiger partial charge is 0.289 e. The fourth-order valence-corrected chi connectivity index (χ4v) is 4.80. The van der Waals surface area contributed by atoms with Gasteiger partial charge in [-0.2, -0.15) is 11.8 Å². The van der Waals surface area contributed by atoms with Crippen molar-refractivity contribution in [2.24, 2.45) is 0 Å². The van der Waals surface area contributed by atoms with Crippen LogP contribution in [0.3, 0.4) is 0 Å². The van der Waals surface area contributed by atoms with Gasteiger partial charge < -0.3 is 5.32 Å². The van der Waals surface area contributed by atoms with E-state index in [4.69, 9.17) is 0 Å². The molecular weight excluding hydrogens is 314 g/mol. The summed E-state index contributed by atoms with van der Waals surface area (Å²) >= 11 is 1.68. The Morgan fingerprint density at radius 2 is 2.19 bits per heavy atom. The lowest BCUT2D eigenvalue weighted by molar-refractivity contribution is -0.387. The average molecular weight is 331 g/mol. The van der Waals surface area contributed by atoms with E-state index in [0.29, 0.717) is 11.4 Å². The summed E-state index contributed by atoms with van der Waals surface area (Å²) < 4.78 is 27.5. The van der Waals surface area contributed by atoms with Gasteiger partial charge in [-0.3, -0.25) is 10.1 Å². The van der Waals surface area contributed by atoms with E-state index >= 15 is 0 Å². The molecule has 1 aromatic carbocycles. The van der Waals surface area contributed by atoms with Gasteiger partial charge in [0.15, 0.2) is 4.90 Å². The normalized spacial score (nSPS) is 19.2. The van der Waals surface area contributed by atoms with E-state index in [1.54, 1.807) is 18.8 Å². The summed E-state index contributed by atoms with van der Waals surface area (Å²) in [5.41, 5.74) is 0.101. The molecule has 1 unspecified atom stereocenters. The molecule has 1 atom stereocenters.